The Morgan fingerprint density at radius 1 is 1.50 bits per heavy atom. The fourth-order valence-corrected chi connectivity index (χ4v) is 0.786. The second-order valence-corrected chi connectivity index (χ2v) is 6.12. The average molecular weight is 137 g/mol. The lowest BCUT2D eigenvalue weighted by Gasteiger charge is -2.23. The van der Waals surface area contributed by atoms with Gasteiger partial charge in [-0.3, -0.25) is 4.72 Å². The molecule has 0 unspecified atom stereocenters. The standard InChI is InChI=1S/C4H11NO2S/c1-8(2,3)5-4(6)7/h5H,1-3H3,(H,6,7). The third-order valence-electron chi connectivity index (χ3n) is 0.393. The Hall–Kier alpha value is -0.380. The molecule has 1 amide bonds. The number of hydrogen-bond acceptors (Lipinski definition) is 1. The first kappa shape index (κ1) is 7.62. The molecule has 0 saturated carbocycles. The van der Waals surface area contributed by atoms with Crippen molar-refractivity contribution >= 4 is 16.3 Å². The van der Waals surface area contributed by atoms with Crippen LogP contribution in [0.25, 0.3) is 0 Å². The van der Waals surface area contributed by atoms with E-state index in [0.717, 1.165) is 0 Å². The molecular weight excluding hydrogens is 126 g/mol. The highest BCUT2D eigenvalue weighted by Crippen LogP contribution is 2.27. The molecule has 4 heteroatoms. The first-order valence-electron chi connectivity index (χ1n) is 2.11. The molecule has 0 spiro atoms. The zero-order chi connectivity index (χ0) is 6.78. The maximum absolute atomic E-state index is 9.92. The summed E-state index contributed by atoms with van der Waals surface area (Å²) in [6.07, 6.45) is 4.69. The van der Waals surface area contributed by atoms with Crippen molar-refractivity contribution in [1.82, 2.24) is 4.72 Å². The van der Waals surface area contributed by atoms with Crippen LogP contribution in [0.3, 0.4) is 0 Å². The quantitative estimate of drug-likeness (QED) is 0.563. The van der Waals surface area contributed by atoms with E-state index in [-0.39, 0.29) is 0 Å². The van der Waals surface area contributed by atoms with Gasteiger partial charge in [-0.2, -0.15) is 10.2 Å². The predicted molar refractivity (Wildman–Crippen MR) is 36.5 cm³/mol. The molecule has 2 N–H and O–H groups in total. The van der Waals surface area contributed by atoms with E-state index < -0.39 is 16.3 Å². The van der Waals surface area contributed by atoms with Crippen LogP contribution >= 0.6 is 10.2 Å². The van der Waals surface area contributed by atoms with E-state index in [9.17, 15) is 4.79 Å². The fraction of sp³-hybridized carbons (Fsp3) is 0.750. The van der Waals surface area contributed by atoms with Gasteiger partial charge in [0.2, 0.25) is 0 Å². The van der Waals surface area contributed by atoms with Crippen LogP contribution in [0.15, 0.2) is 0 Å². The summed E-state index contributed by atoms with van der Waals surface area (Å²) in [7, 11) is -1.07. The molecule has 8 heavy (non-hydrogen) atoms. The number of hydrogen-bond donors (Lipinski definition) is 2. The minimum Gasteiger partial charge on any atom is -0.464 e. The minimum absolute atomic E-state index is 0.937. The van der Waals surface area contributed by atoms with E-state index in [0.29, 0.717) is 0 Å². The van der Waals surface area contributed by atoms with Gasteiger partial charge in [-0.15, -0.1) is 0 Å². The summed E-state index contributed by atoms with van der Waals surface area (Å²) in [6, 6.07) is 0. The summed E-state index contributed by atoms with van der Waals surface area (Å²) < 4.78 is 2.38. The van der Waals surface area contributed by atoms with Gasteiger partial charge in [0.1, 0.15) is 0 Å². The average Bonchev–Trinajstić information content (AvgIpc) is 1.21. The van der Waals surface area contributed by atoms with E-state index in [1.54, 1.807) is 0 Å². The van der Waals surface area contributed by atoms with Crippen molar-refractivity contribution in [1.29, 1.82) is 0 Å². The third-order valence-corrected chi connectivity index (χ3v) is 1.18. The maximum Gasteiger partial charge on any atom is 0.413 e. The van der Waals surface area contributed by atoms with E-state index in [1.807, 2.05) is 18.8 Å². The Labute approximate surface area is 50.5 Å². The van der Waals surface area contributed by atoms with E-state index >= 15 is 0 Å². The molecule has 0 radical (unpaired) electrons. The molecule has 0 heterocycles. The zero-order valence-corrected chi connectivity index (χ0v) is 6.08. The highest BCUT2D eigenvalue weighted by atomic mass is 32.3. The Morgan fingerprint density at radius 2 is 1.88 bits per heavy atom. The Balaban J connectivity index is 3.55. The largest absolute Gasteiger partial charge is 0.464 e. The van der Waals surface area contributed by atoms with Gasteiger partial charge < -0.3 is 5.11 Å². The third kappa shape index (κ3) is 5.62. The summed E-state index contributed by atoms with van der Waals surface area (Å²) in [6.45, 7) is 0. The van der Waals surface area contributed by atoms with Gasteiger partial charge in [-0.25, -0.2) is 4.79 Å². The molecule has 0 aromatic carbocycles. The van der Waals surface area contributed by atoms with Gasteiger partial charge in [0.25, 0.3) is 0 Å². The normalized spacial score (nSPS) is 12.9. The minimum atomic E-state index is -1.07. The van der Waals surface area contributed by atoms with Crippen LogP contribution in [0, 0.1) is 0 Å². The van der Waals surface area contributed by atoms with E-state index in [2.05, 4.69) is 4.72 Å². The Bertz CT molecular complexity index is 96.7. The molecule has 0 aliphatic heterocycles. The van der Waals surface area contributed by atoms with Crippen molar-refractivity contribution in [3.63, 3.8) is 0 Å². The lowest BCUT2D eigenvalue weighted by molar-refractivity contribution is 0.201. The number of amides is 1. The maximum atomic E-state index is 9.92. The molecule has 0 atom stereocenters. The van der Waals surface area contributed by atoms with Crippen molar-refractivity contribution in [2.24, 2.45) is 0 Å². The monoisotopic (exact) mass is 137 g/mol. The molecule has 0 saturated heterocycles. The number of nitrogens with one attached hydrogen (secondary N) is 1. The molecule has 50 valence electrons. The number of carbonyl (C=O) groups is 1. The van der Waals surface area contributed by atoms with Gasteiger partial charge in [0.05, 0.1) is 0 Å². The second-order valence-electron chi connectivity index (χ2n) is 2.24. The molecular formula is C4H11NO2S. The van der Waals surface area contributed by atoms with Gasteiger partial charge in [-0.05, 0) is 18.8 Å². The Morgan fingerprint density at radius 3 is 1.88 bits per heavy atom. The second kappa shape index (κ2) is 2.26. The van der Waals surface area contributed by atoms with Crippen molar-refractivity contribution in [2.45, 2.75) is 0 Å². The molecule has 0 rings (SSSR count). The molecule has 0 aromatic rings. The summed E-state index contributed by atoms with van der Waals surface area (Å²) in [5.74, 6) is 0. The topological polar surface area (TPSA) is 49.3 Å². The van der Waals surface area contributed by atoms with Crippen LogP contribution in [-0.4, -0.2) is 30.0 Å². The Kier molecular flexibility index (Phi) is 2.15. The SMILES string of the molecule is CS(C)(C)NC(=O)O. The molecule has 0 aliphatic rings. The van der Waals surface area contributed by atoms with Gasteiger partial charge in [0, 0.05) is 0 Å². The fourth-order valence-electron chi connectivity index (χ4n) is 0.262. The lowest BCUT2D eigenvalue weighted by Crippen LogP contribution is -2.23. The van der Waals surface area contributed by atoms with Crippen LogP contribution in [-0.2, 0) is 0 Å². The van der Waals surface area contributed by atoms with E-state index in [1.165, 1.54) is 0 Å². The first-order valence-corrected chi connectivity index (χ1v) is 4.96. The van der Waals surface area contributed by atoms with Crippen LogP contribution < -0.4 is 4.72 Å². The lowest BCUT2D eigenvalue weighted by atomic mass is 11.3. The van der Waals surface area contributed by atoms with Crippen LogP contribution in [0.1, 0.15) is 0 Å². The van der Waals surface area contributed by atoms with Gasteiger partial charge >= 0.3 is 6.09 Å². The van der Waals surface area contributed by atoms with Crippen molar-refractivity contribution in [3.05, 3.63) is 0 Å². The summed E-state index contributed by atoms with van der Waals surface area (Å²) in [4.78, 5) is 9.92. The molecule has 0 fully saturated rings. The summed E-state index contributed by atoms with van der Waals surface area (Å²) in [5, 5.41) is 8.16. The van der Waals surface area contributed by atoms with Gasteiger partial charge in [0.15, 0.2) is 0 Å². The zero-order valence-electron chi connectivity index (χ0n) is 5.26. The van der Waals surface area contributed by atoms with Crippen molar-refractivity contribution in [2.75, 3.05) is 18.8 Å². The number of rotatable bonds is 1. The molecule has 0 aliphatic carbocycles. The van der Waals surface area contributed by atoms with E-state index in [4.69, 9.17) is 5.11 Å². The molecule has 0 bridgehead atoms. The summed E-state index contributed by atoms with van der Waals surface area (Å²) in [5.41, 5.74) is 0. The summed E-state index contributed by atoms with van der Waals surface area (Å²) >= 11 is 0. The smallest absolute Gasteiger partial charge is 0.413 e. The van der Waals surface area contributed by atoms with Crippen LogP contribution in [0.4, 0.5) is 4.79 Å². The number of carboxylic acid groups (broad SMARTS) is 1. The molecule has 3 nitrogen and oxygen atoms in total. The molecule has 0 aromatic heterocycles. The predicted octanol–water partition coefficient (Wildman–Crippen LogP) is 0.863. The van der Waals surface area contributed by atoms with Crippen LogP contribution in [0.5, 0.6) is 0 Å². The highest BCUT2D eigenvalue weighted by Gasteiger charge is 2.04. The highest BCUT2D eigenvalue weighted by molar-refractivity contribution is 8.30. The van der Waals surface area contributed by atoms with Crippen molar-refractivity contribution < 1.29 is 9.90 Å². The van der Waals surface area contributed by atoms with Crippen molar-refractivity contribution in [3.8, 4) is 0 Å². The van der Waals surface area contributed by atoms with Gasteiger partial charge in [-0.1, -0.05) is 0 Å². The first-order chi connectivity index (χ1) is 3.42. The van der Waals surface area contributed by atoms with Crippen LogP contribution in [0.2, 0.25) is 0 Å².